The molecule has 0 aromatic heterocycles. The van der Waals surface area contributed by atoms with Gasteiger partial charge in [-0.2, -0.15) is 0 Å². The molecule has 1 fully saturated rings. The van der Waals surface area contributed by atoms with E-state index in [9.17, 15) is 0 Å². The zero-order valence-corrected chi connectivity index (χ0v) is 9.37. The number of fused-ring (bicyclic) bond motifs is 1. The standard InChI is InChI=1S/C15H18/c1-11-10-15(12-6-2-3-7-12)14-9-5-4-8-13(11)14/h4-5,8-12H,2-3,6-7H2,1H3. The van der Waals surface area contributed by atoms with Crippen LogP contribution in [0.1, 0.15) is 49.7 Å². The molecule has 2 aliphatic carbocycles. The lowest BCUT2D eigenvalue weighted by Crippen LogP contribution is -1.96. The predicted octanol–water partition coefficient (Wildman–Crippen LogP) is 4.38. The summed E-state index contributed by atoms with van der Waals surface area (Å²) >= 11 is 0. The molecule has 1 unspecified atom stereocenters. The molecule has 1 aromatic rings. The van der Waals surface area contributed by atoms with Gasteiger partial charge in [-0.3, -0.25) is 0 Å². The maximum Gasteiger partial charge on any atom is 0.000173 e. The van der Waals surface area contributed by atoms with Crippen LogP contribution in [0.4, 0.5) is 0 Å². The Morgan fingerprint density at radius 1 is 1.07 bits per heavy atom. The molecular formula is C15H18. The molecule has 0 radical (unpaired) electrons. The van der Waals surface area contributed by atoms with E-state index in [1.165, 1.54) is 31.2 Å². The van der Waals surface area contributed by atoms with Crippen LogP contribution in [0.2, 0.25) is 0 Å². The van der Waals surface area contributed by atoms with Crippen molar-refractivity contribution in [1.82, 2.24) is 0 Å². The normalized spacial score (nSPS) is 25.4. The van der Waals surface area contributed by atoms with Crippen LogP contribution in [0.25, 0.3) is 5.57 Å². The van der Waals surface area contributed by atoms with Crippen LogP contribution < -0.4 is 0 Å². The molecule has 0 spiro atoms. The van der Waals surface area contributed by atoms with Gasteiger partial charge in [-0.15, -0.1) is 0 Å². The zero-order valence-electron chi connectivity index (χ0n) is 9.37. The van der Waals surface area contributed by atoms with E-state index < -0.39 is 0 Å². The van der Waals surface area contributed by atoms with E-state index in [1.807, 2.05) is 0 Å². The van der Waals surface area contributed by atoms with E-state index in [2.05, 4.69) is 37.3 Å². The van der Waals surface area contributed by atoms with Crippen LogP contribution in [-0.2, 0) is 0 Å². The Balaban J connectivity index is 2.00. The number of allylic oxidation sites excluding steroid dienone is 2. The van der Waals surface area contributed by atoms with Gasteiger partial charge in [0.15, 0.2) is 0 Å². The predicted molar refractivity (Wildman–Crippen MR) is 64.8 cm³/mol. The number of hydrogen-bond acceptors (Lipinski definition) is 0. The van der Waals surface area contributed by atoms with E-state index >= 15 is 0 Å². The van der Waals surface area contributed by atoms with Gasteiger partial charge in [0.05, 0.1) is 0 Å². The highest BCUT2D eigenvalue weighted by atomic mass is 14.3. The highest BCUT2D eigenvalue weighted by Gasteiger charge is 2.27. The summed E-state index contributed by atoms with van der Waals surface area (Å²) in [5.41, 5.74) is 4.73. The smallest absolute Gasteiger partial charge is 0.000173 e. The molecule has 1 atom stereocenters. The van der Waals surface area contributed by atoms with Crippen molar-refractivity contribution in [3.63, 3.8) is 0 Å². The van der Waals surface area contributed by atoms with Crippen molar-refractivity contribution < 1.29 is 0 Å². The van der Waals surface area contributed by atoms with Crippen LogP contribution >= 0.6 is 0 Å². The quantitative estimate of drug-likeness (QED) is 0.628. The Bertz CT molecular complexity index is 394. The zero-order chi connectivity index (χ0) is 10.3. The van der Waals surface area contributed by atoms with Gasteiger partial charge in [-0.05, 0) is 35.5 Å². The second kappa shape index (κ2) is 3.52. The highest BCUT2D eigenvalue weighted by Crippen LogP contribution is 2.44. The van der Waals surface area contributed by atoms with Crippen molar-refractivity contribution in [3.05, 3.63) is 41.5 Å². The minimum Gasteiger partial charge on any atom is -0.0732 e. The van der Waals surface area contributed by atoms with Crippen molar-refractivity contribution in [3.8, 4) is 0 Å². The third kappa shape index (κ3) is 1.43. The molecule has 78 valence electrons. The fourth-order valence-corrected chi connectivity index (χ4v) is 3.20. The summed E-state index contributed by atoms with van der Waals surface area (Å²) < 4.78 is 0. The average molecular weight is 198 g/mol. The minimum absolute atomic E-state index is 0.636. The SMILES string of the molecule is CC1C=C(C2CCCC2)c2ccccc21. The third-order valence-corrected chi connectivity index (χ3v) is 3.99. The topological polar surface area (TPSA) is 0 Å². The first-order valence-corrected chi connectivity index (χ1v) is 6.17. The summed E-state index contributed by atoms with van der Waals surface area (Å²) in [6.45, 7) is 2.32. The van der Waals surface area contributed by atoms with Gasteiger partial charge in [0.1, 0.15) is 0 Å². The lowest BCUT2D eigenvalue weighted by Gasteiger charge is -2.12. The molecule has 1 saturated carbocycles. The van der Waals surface area contributed by atoms with Crippen LogP contribution in [0, 0.1) is 5.92 Å². The third-order valence-electron chi connectivity index (χ3n) is 3.99. The van der Waals surface area contributed by atoms with E-state index in [4.69, 9.17) is 0 Å². The van der Waals surface area contributed by atoms with Gasteiger partial charge >= 0.3 is 0 Å². The van der Waals surface area contributed by atoms with E-state index in [0.717, 1.165) is 5.92 Å². The van der Waals surface area contributed by atoms with E-state index in [0.29, 0.717) is 5.92 Å². The molecule has 0 bridgehead atoms. The second-order valence-electron chi connectivity index (χ2n) is 4.98. The van der Waals surface area contributed by atoms with Crippen LogP contribution in [-0.4, -0.2) is 0 Å². The second-order valence-corrected chi connectivity index (χ2v) is 4.98. The molecule has 0 heterocycles. The van der Waals surface area contributed by atoms with Gasteiger partial charge in [-0.25, -0.2) is 0 Å². The van der Waals surface area contributed by atoms with Crippen molar-refractivity contribution in [1.29, 1.82) is 0 Å². The lowest BCUT2D eigenvalue weighted by molar-refractivity contribution is 0.707. The van der Waals surface area contributed by atoms with Gasteiger partial charge in [0, 0.05) is 5.92 Å². The van der Waals surface area contributed by atoms with Crippen LogP contribution in [0.5, 0.6) is 0 Å². The molecule has 0 N–H and O–H groups in total. The summed E-state index contributed by atoms with van der Waals surface area (Å²) in [4.78, 5) is 0. The lowest BCUT2D eigenvalue weighted by atomic mass is 9.92. The van der Waals surface area contributed by atoms with Gasteiger partial charge in [-0.1, -0.05) is 50.1 Å². The molecule has 3 rings (SSSR count). The van der Waals surface area contributed by atoms with Crippen molar-refractivity contribution in [2.75, 3.05) is 0 Å². The number of rotatable bonds is 1. The maximum absolute atomic E-state index is 2.50. The Kier molecular flexibility index (Phi) is 2.16. The Labute approximate surface area is 92.0 Å². The maximum atomic E-state index is 2.50. The molecule has 1 aromatic carbocycles. The summed E-state index contributed by atoms with van der Waals surface area (Å²) in [5, 5.41) is 0. The molecule has 0 aliphatic heterocycles. The molecule has 2 aliphatic rings. The largest absolute Gasteiger partial charge is 0.0732 e. The monoisotopic (exact) mass is 198 g/mol. The Morgan fingerprint density at radius 2 is 1.80 bits per heavy atom. The summed E-state index contributed by atoms with van der Waals surface area (Å²) in [5.74, 6) is 1.49. The molecule has 0 amide bonds. The number of hydrogen-bond donors (Lipinski definition) is 0. The molecule has 0 saturated heterocycles. The van der Waals surface area contributed by atoms with Crippen LogP contribution in [0.3, 0.4) is 0 Å². The van der Waals surface area contributed by atoms with Gasteiger partial charge < -0.3 is 0 Å². The molecule has 0 heteroatoms. The summed E-state index contributed by atoms with van der Waals surface area (Å²) in [6, 6.07) is 8.95. The summed E-state index contributed by atoms with van der Waals surface area (Å²) in [6.07, 6.45) is 8.18. The Morgan fingerprint density at radius 3 is 2.60 bits per heavy atom. The summed E-state index contributed by atoms with van der Waals surface area (Å²) in [7, 11) is 0. The highest BCUT2D eigenvalue weighted by molar-refractivity contribution is 5.76. The fourth-order valence-electron chi connectivity index (χ4n) is 3.20. The van der Waals surface area contributed by atoms with Gasteiger partial charge in [0.25, 0.3) is 0 Å². The van der Waals surface area contributed by atoms with Crippen molar-refractivity contribution >= 4 is 5.57 Å². The fraction of sp³-hybridized carbons (Fsp3) is 0.467. The van der Waals surface area contributed by atoms with Crippen molar-refractivity contribution in [2.24, 2.45) is 5.92 Å². The molecular weight excluding hydrogens is 180 g/mol. The molecule has 0 nitrogen and oxygen atoms in total. The first-order valence-electron chi connectivity index (χ1n) is 6.17. The Hall–Kier alpha value is -1.04. The van der Waals surface area contributed by atoms with Gasteiger partial charge in [0.2, 0.25) is 0 Å². The van der Waals surface area contributed by atoms with Crippen molar-refractivity contribution in [2.45, 2.75) is 38.5 Å². The minimum atomic E-state index is 0.636. The number of benzene rings is 1. The van der Waals surface area contributed by atoms with Crippen LogP contribution in [0.15, 0.2) is 30.3 Å². The van der Waals surface area contributed by atoms with E-state index in [-0.39, 0.29) is 0 Å². The molecule has 15 heavy (non-hydrogen) atoms. The first-order chi connectivity index (χ1) is 7.36. The van der Waals surface area contributed by atoms with E-state index in [1.54, 1.807) is 11.1 Å². The average Bonchev–Trinajstić information content (AvgIpc) is 2.87. The first kappa shape index (κ1) is 9.21.